The van der Waals surface area contributed by atoms with Crippen LogP contribution in [0.2, 0.25) is 0 Å². The summed E-state index contributed by atoms with van der Waals surface area (Å²) in [5, 5.41) is 9.62. The minimum absolute atomic E-state index is 0.107. The second-order valence-electron chi connectivity index (χ2n) is 12.0. The van der Waals surface area contributed by atoms with E-state index in [2.05, 4.69) is 23.0 Å². The van der Waals surface area contributed by atoms with Crippen molar-refractivity contribution in [2.75, 3.05) is 44.7 Å². The van der Waals surface area contributed by atoms with Crippen molar-refractivity contribution in [3.63, 3.8) is 0 Å². The van der Waals surface area contributed by atoms with Gasteiger partial charge in [0.05, 0.1) is 24.0 Å². The Morgan fingerprint density at radius 2 is 1.84 bits per heavy atom. The number of nitrogens with zero attached hydrogens (tertiary/aromatic N) is 7. The number of fused-ring (bicyclic) bond motifs is 1. The molecule has 1 amide bonds. The van der Waals surface area contributed by atoms with Crippen molar-refractivity contribution < 1.29 is 23.8 Å². The first-order chi connectivity index (χ1) is 20.6. The fraction of sp³-hybridized carbons (Fsp3) is 0.516. The zero-order chi connectivity index (χ0) is 30.6. The Morgan fingerprint density at radius 1 is 1.05 bits per heavy atom. The summed E-state index contributed by atoms with van der Waals surface area (Å²) >= 11 is 0. The summed E-state index contributed by atoms with van der Waals surface area (Å²) in [6, 6.07) is 13.4. The molecule has 43 heavy (non-hydrogen) atoms. The molecule has 0 bridgehead atoms. The number of nitriles is 1. The number of hydrogen-bond acceptors (Lipinski definition) is 10. The van der Waals surface area contributed by atoms with E-state index in [4.69, 9.17) is 19.2 Å². The highest BCUT2D eigenvalue weighted by Crippen LogP contribution is 2.31. The van der Waals surface area contributed by atoms with Gasteiger partial charge in [-0.2, -0.15) is 15.2 Å². The number of amides is 1. The van der Waals surface area contributed by atoms with Crippen LogP contribution in [0, 0.1) is 11.3 Å². The second-order valence-corrected chi connectivity index (χ2v) is 12.0. The van der Waals surface area contributed by atoms with Crippen LogP contribution in [0.1, 0.15) is 45.6 Å². The summed E-state index contributed by atoms with van der Waals surface area (Å²) in [5.41, 5.74) is 1.20. The van der Waals surface area contributed by atoms with Gasteiger partial charge in [-0.05, 0) is 58.8 Å². The first kappa shape index (κ1) is 30.1. The third-order valence-electron chi connectivity index (χ3n) is 7.71. The maximum absolute atomic E-state index is 13.2. The molecule has 5 rings (SSSR count). The van der Waals surface area contributed by atoms with Gasteiger partial charge >= 0.3 is 18.2 Å². The van der Waals surface area contributed by atoms with Crippen LogP contribution in [0.3, 0.4) is 0 Å². The summed E-state index contributed by atoms with van der Waals surface area (Å²) in [5.74, 6) is 0.482. The van der Waals surface area contributed by atoms with Gasteiger partial charge in [-0.1, -0.05) is 30.3 Å². The van der Waals surface area contributed by atoms with Gasteiger partial charge in [0.2, 0.25) is 0 Å². The van der Waals surface area contributed by atoms with E-state index >= 15 is 0 Å². The Hall–Kier alpha value is -4.37. The molecule has 2 saturated heterocycles. The van der Waals surface area contributed by atoms with Gasteiger partial charge in [0.15, 0.2) is 5.82 Å². The molecule has 2 aromatic heterocycles. The highest BCUT2D eigenvalue weighted by Gasteiger charge is 2.34. The van der Waals surface area contributed by atoms with Crippen molar-refractivity contribution in [2.45, 2.75) is 64.3 Å². The predicted molar refractivity (Wildman–Crippen MR) is 160 cm³/mol. The van der Waals surface area contributed by atoms with E-state index in [-0.39, 0.29) is 25.1 Å². The number of rotatable bonds is 7. The number of piperazine rings is 1. The average molecular weight is 590 g/mol. The van der Waals surface area contributed by atoms with Crippen molar-refractivity contribution in [3.8, 4) is 12.1 Å². The number of aromatic nitrogens is 3. The molecule has 0 N–H and O–H groups in total. The van der Waals surface area contributed by atoms with Crippen LogP contribution >= 0.6 is 0 Å². The Labute approximate surface area is 251 Å². The lowest BCUT2D eigenvalue weighted by Gasteiger charge is -2.40. The molecule has 2 atom stereocenters. The summed E-state index contributed by atoms with van der Waals surface area (Å²) in [6.45, 7) is 8.06. The van der Waals surface area contributed by atoms with Crippen LogP contribution in [-0.4, -0.2) is 94.0 Å². The zero-order valence-corrected chi connectivity index (χ0v) is 25.2. The van der Waals surface area contributed by atoms with Crippen molar-refractivity contribution in [3.05, 3.63) is 48.2 Å². The fourth-order valence-corrected chi connectivity index (χ4v) is 5.49. The predicted octanol–water partition coefficient (Wildman–Crippen LogP) is 4.43. The minimum Gasteiger partial charge on any atom is -0.462 e. The number of likely N-dealkylation sites (tertiary alicyclic amines) is 1. The number of carbonyl (C=O) groups excluding carboxylic acids is 2. The molecular formula is C31H39N7O5. The highest BCUT2D eigenvalue weighted by molar-refractivity contribution is 5.94. The molecule has 4 heterocycles. The fourth-order valence-electron chi connectivity index (χ4n) is 5.49. The van der Waals surface area contributed by atoms with Crippen LogP contribution in [0.5, 0.6) is 6.01 Å². The second kappa shape index (κ2) is 12.9. The molecule has 2 fully saturated rings. The van der Waals surface area contributed by atoms with Gasteiger partial charge in [-0.25, -0.2) is 14.2 Å². The lowest BCUT2D eigenvalue weighted by molar-refractivity contribution is 0.0544. The summed E-state index contributed by atoms with van der Waals surface area (Å²) in [4.78, 5) is 41.6. The number of ether oxygens (including phenoxy) is 3. The molecule has 2 aliphatic rings. The van der Waals surface area contributed by atoms with Crippen LogP contribution in [0.4, 0.5) is 15.4 Å². The van der Waals surface area contributed by atoms with Gasteiger partial charge in [0, 0.05) is 31.9 Å². The van der Waals surface area contributed by atoms with Crippen molar-refractivity contribution in [2.24, 2.45) is 0 Å². The zero-order valence-electron chi connectivity index (χ0n) is 25.2. The van der Waals surface area contributed by atoms with Crippen LogP contribution in [0.25, 0.3) is 11.0 Å². The largest absolute Gasteiger partial charge is 0.462 e. The monoisotopic (exact) mass is 589 g/mol. The first-order valence-electron chi connectivity index (χ1n) is 14.7. The van der Waals surface area contributed by atoms with Gasteiger partial charge in [0.25, 0.3) is 0 Å². The minimum atomic E-state index is -0.700. The Morgan fingerprint density at radius 3 is 2.53 bits per heavy atom. The third-order valence-corrected chi connectivity index (χ3v) is 7.71. The maximum atomic E-state index is 13.2. The quantitative estimate of drug-likeness (QED) is 0.391. The van der Waals surface area contributed by atoms with Crippen LogP contribution < -0.4 is 9.64 Å². The Balaban J connectivity index is 1.42. The standard InChI is InChI=1S/C31H39N7O5/c1-31(2,3)43-30(40)38-16-13-25-26(38)27(34-28(33-25)41-21-24-11-8-15-35(24)4)36-17-18-37(23(19-36)12-14-32)29(39)42-20-22-9-6-5-7-10-22/h5-7,9-10,13,16,23-24H,8,11-12,15,17-21H2,1-4H3. The molecule has 0 radical (unpaired) electrons. The number of hydrogen-bond donors (Lipinski definition) is 0. The summed E-state index contributed by atoms with van der Waals surface area (Å²) in [6.07, 6.45) is 2.86. The van der Waals surface area contributed by atoms with E-state index in [1.54, 1.807) is 17.2 Å². The van der Waals surface area contributed by atoms with Crippen molar-refractivity contribution in [1.29, 1.82) is 5.26 Å². The van der Waals surface area contributed by atoms with E-state index < -0.39 is 23.8 Å². The van der Waals surface area contributed by atoms with E-state index in [0.29, 0.717) is 43.1 Å². The molecule has 1 aromatic carbocycles. The first-order valence-corrected chi connectivity index (χ1v) is 14.7. The Bertz CT molecular complexity index is 1480. The third kappa shape index (κ3) is 7.17. The highest BCUT2D eigenvalue weighted by atomic mass is 16.6. The normalized spacial score (nSPS) is 19.3. The van der Waals surface area contributed by atoms with E-state index in [0.717, 1.165) is 24.9 Å². The molecule has 228 valence electrons. The molecule has 12 heteroatoms. The van der Waals surface area contributed by atoms with Crippen molar-refractivity contribution in [1.82, 2.24) is 24.3 Å². The Kier molecular flexibility index (Phi) is 9.01. The van der Waals surface area contributed by atoms with Gasteiger partial charge in [-0.3, -0.25) is 0 Å². The average Bonchev–Trinajstić information content (AvgIpc) is 3.60. The summed E-state index contributed by atoms with van der Waals surface area (Å²) < 4.78 is 18.8. The van der Waals surface area contributed by atoms with Crippen molar-refractivity contribution >= 4 is 29.0 Å². The molecule has 2 aliphatic heterocycles. The number of benzene rings is 1. The van der Waals surface area contributed by atoms with Crippen LogP contribution in [-0.2, 0) is 16.1 Å². The lowest BCUT2D eigenvalue weighted by Crippen LogP contribution is -2.55. The molecule has 0 aliphatic carbocycles. The molecule has 2 unspecified atom stereocenters. The van der Waals surface area contributed by atoms with Gasteiger partial charge < -0.3 is 28.9 Å². The van der Waals surface area contributed by atoms with Gasteiger partial charge in [0.1, 0.15) is 24.3 Å². The maximum Gasteiger partial charge on any atom is 0.419 e. The SMILES string of the molecule is CN1CCCC1COc1nc(N2CCN(C(=O)OCc3ccccc3)C(CC#N)C2)c2c(ccn2C(=O)OC(C)(C)C)n1. The molecule has 12 nitrogen and oxygen atoms in total. The topological polar surface area (TPSA) is 126 Å². The molecule has 0 spiro atoms. The lowest BCUT2D eigenvalue weighted by atomic mass is 10.1. The van der Waals surface area contributed by atoms with E-state index in [1.165, 1.54) is 4.57 Å². The van der Waals surface area contributed by atoms with Crippen LogP contribution in [0.15, 0.2) is 42.6 Å². The number of likely N-dealkylation sites (N-methyl/N-ethyl adjacent to an activating group) is 1. The number of anilines is 1. The molecular weight excluding hydrogens is 550 g/mol. The van der Waals surface area contributed by atoms with E-state index in [1.807, 2.05) is 56.0 Å². The summed E-state index contributed by atoms with van der Waals surface area (Å²) in [7, 11) is 2.08. The van der Waals surface area contributed by atoms with E-state index in [9.17, 15) is 14.9 Å². The molecule has 3 aromatic rings. The molecule has 0 saturated carbocycles. The number of carbonyl (C=O) groups is 2. The van der Waals surface area contributed by atoms with Gasteiger partial charge in [-0.15, -0.1) is 0 Å². The smallest absolute Gasteiger partial charge is 0.419 e.